The average Bonchev–Trinajstić information content (AvgIpc) is 2.33. The predicted octanol–water partition coefficient (Wildman–Crippen LogP) is 2.19. The summed E-state index contributed by atoms with van der Waals surface area (Å²) >= 11 is 11.1. The Morgan fingerprint density at radius 1 is 1.62 bits per heavy atom. The van der Waals surface area contributed by atoms with Crippen molar-refractivity contribution in [3.63, 3.8) is 0 Å². The quantitative estimate of drug-likeness (QED) is 0.376. The van der Waals surface area contributed by atoms with Crippen LogP contribution in [0.2, 0.25) is 0 Å². The van der Waals surface area contributed by atoms with E-state index in [4.69, 9.17) is 23.2 Å². The maximum absolute atomic E-state index is 5.67. The standard InChI is InChI=1S/C8H9Cl2N3/c1-6(9)11-8(10)12-7-3-4-13(2)5-7/h3-4H,1,5H2,2H3/b11-8-,12-7-. The van der Waals surface area contributed by atoms with Crippen LogP contribution >= 0.6 is 23.2 Å². The number of hydrogen-bond acceptors (Lipinski definition) is 2. The molecular formula is C8H9Cl2N3. The monoisotopic (exact) mass is 217 g/mol. The third-order valence-electron chi connectivity index (χ3n) is 1.38. The highest BCUT2D eigenvalue weighted by molar-refractivity contribution is 6.66. The third kappa shape index (κ3) is 3.61. The highest BCUT2D eigenvalue weighted by Gasteiger charge is 2.06. The molecule has 0 aliphatic carbocycles. The summed E-state index contributed by atoms with van der Waals surface area (Å²) in [5.41, 5.74) is 0.856. The van der Waals surface area contributed by atoms with Gasteiger partial charge in [0.1, 0.15) is 5.16 Å². The molecule has 3 nitrogen and oxygen atoms in total. The normalized spacial score (nSPS) is 20.1. The van der Waals surface area contributed by atoms with Crippen molar-refractivity contribution in [2.45, 2.75) is 0 Å². The maximum Gasteiger partial charge on any atom is 0.224 e. The van der Waals surface area contributed by atoms with E-state index < -0.39 is 0 Å². The lowest BCUT2D eigenvalue weighted by Crippen LogP contribution is -2.12. The molecule has 1 aliphatic rings. The van der Waals surface area contributed by atoms with Crippen LogP contribution in [0.25, 0.3) is 0 Å². The summed E-state index contributed by atoms with van der Waals surface area (Å²) in [6, 6.07) is 0. The summed E-state index contributed by atoms with van der Waals surface area (Å²) in [6.07, 6.45) is 3.79. The number of halogens is 2. The van der Waals surface area contributed by atoms with E-state index in [9.17, 15) is 0 Å². The van der Waals surface area contributed by atoms with Crippen molar-refractivity contribution in [2.24, 2.45) is 9.98 Å². The number of rotatable bonds is 1. The van der Waals surface area contributed by atoms with Gasteiger partial charge in [-0.15, -0.1) is 0 Å². The number of amidine groups is 1. The van der Waals surface area contributed by atoms with Crippen LogP contribution in [-0.2, 0) is 0 Å². The molecule has 5 heteroatoms. The van der Waals surface area contributed by atoms with Gasteiger partial charge < -0.3 is 4.90 Å². The second-order valence-corrected chi connectivity index (χ2v) is 3.37. The topological polar surface area (TPSA) is 28.0 Å². The van der Waals surface area contributed by atoms with Crippen LogP contribution in [0.15, 0.2) is 34.0 Å². The first-order chi connectivity index (χ1) is 6.08. The molecule has 0 N–H and O–H groups in total. The molecule has 0 aromatic carbocycles. The molecule has 0 bridgehead atoms. The van der Waals surface area contributed by atoms with E-state index in [-0.39, 0.29) is 10.5 Å². The Morgan fingerprint density at radius 2 is 2.31 bits per heavy atom. The zero-order valence-electron chi connectivity index (χ0n) is 7.17. The molecule has 0 atom stereocenters. The Bertz CT molecular complexity index is 305. The number of aliphatic imine (C=N–C) groups is 2. The number of nitrogens with zero attached hydrogens (tertiary/aromatic N) is 3. The Morgan fingerprint density at radius 3 is 2.77 bits per heavy atom. The van der Waals surface area contributed by atoms with E-state index in [1.807, 2.05) is 24.2 Å². The minimum absolute atomic E-state index is 0.106. The van der Waals surface area contributed by atoms with Crippen LogP contribution in [0.3, 0.4) is 0 Å². The summed E-state index contributed by atoms with van der Waals surface area (Å²) in [4.78, 5) is 9.69. The Labute approximate surface area is 87.1 Å². The second-order valence-electron chi connectivity index (χ2n) is 2.59. The van der Waals surface area contributed by atoms with E-state index in [2.05, 4.69) is 16.6 Å². The molecule has 0 aromatic heterocycles. The molecule has 0 saturated heterocycles. The van der Waals surface area contributed by atoms with Crippen molar-refractivity contribution in [3.05, 3.63) is 24.0 Å². The SMILES string of the molecule is C=C(Cl)/N=C(Cl)\N=C1\C=CN(C)C1. The zero-order valence-corrected chi connectivity index (χ0v) is 8.68. The van der Waals surface area contributed by atoms with Crippen LogP contribution in [-0.4, -0.2) is 29.5 Å². The van der Waals surface area contributed by atoms with Gasteiger partial charge in [0.05, 0.1) is 12.3 Å². The second kappa shape index (κ2) is 4.44. The lowest BCUT2D eigenvalue weighted by atomic mass is 10.4. The zero-order chi connectivity index (χ0) is 9.84. The fraction of sp³-hybridized carbons (Fsp3) is 0.250. The molecule has 1 heterocycles. The molecule has 0 fully saturated rings. The van der Waals surface area contributed by atoms with E-state index in [0.717, 1.165) is 12.3 Å². The van der Waals surface area contributed by atoms with E-state index >= 15 is 0 Å². The van der Waals surface area contributed by atoms with Crippen molar-refractivity contribution in [2.75, 3.05) is 13.6 Å². The van der Waals surface area contributed by atoms with Crippen molar-refractivity contribution < 1.29 is 0 Å². The van der Waals surface area contributed by atoms with Crippen LogP contribution in [0.1, 0.15) is 0 Å². The van der Waals surface area contributed by atoms with Gasteiger partial charge in [-0.2, -0.15) is 0 Å². The molecule has 0 unspecified atom stereocenters. The van der Waals surface area contributed by atoms with Gasteiger partial charge in [-0.25, -0.2) is 9.98 Å². The maximum atomic E-state index is 5.67. The Kier molecular flexibility index (Phi) is 3.51. The van der Waals surface area contributed by atoms with Gasteiger partial charge in [-0.3, -0.25) is 0 Å². The van der Waals surface area contributed by atoms with Gasteiger partial charge in [0.2, 0.25) is 5.29 Å². The highest BCUT2D eigenvalue weighted by atomic mass is 35.5. The van der Waals surface area contributed by atoms with Gasteiger partial charge in [0.25, 0.3) is 0 Å². The molecule has 13 heavy (non-hydrogen) atoms. The summed E-state index contributed by atoms with van der Waals surface area (Å²) < 4.78 is 0. The van der Waals surface area contributed by atoms with E-state index in [1.54, 1.807) is 0 Å². The van der Waals surface area contributed by atoms with Crippen molar-refractivity contribution >= 4 is 34.2 Å². The van der Waals surface area contributed by atoms with Gasteiger partial charge in [0.15, 0.2) is 0 Å². The lowest BCUT2D eigenvalue weighted by Gasteiger charge is -2.03. The molecule has 0 aromatic rings. The van der Waals surface area contributed by atoms with E-state index in [1.165, 1.54) is 0 Å². The summed E-state index contributed by atoms with van der Waals surface area (Å²) in [7, 11) is 1.95. The van der Waals surface area contributed by atoms with Crippen LogP contribution in [0, 0.1) is 0 Å². The fourth-order valence-corrected chi connectivity index (χ4v) is 1.22. The van der Waals surface area contributed by atoms with Gasteiger partial charge in [0, 0.05) is 13.2 Å². The van der Waals surface area contributed by atoms with Gasteiger partial charge >= 0.3 is 0 Å². The minimum atomic E-state index is 0.106. The Hall–Kier alpha value is -0.800. The average molecular weight is 218 g/mol. The first kappa shape index (κ1) is 10.3. The predicted molar refractivity (Wildman–Crippen MR) is 57.5 cm³/mol. The number of hydrogen-bond donors (Lipinski definition) is 0. The third-order valence-corrected chi connectivity index (χ3v) is 1.64. The van der Waals surface area contributed by atoms with Crippen LogP contribution in [0.4, 0.5) is 0 Å². The van der Waals surface area contributed by atoms with Crippen LogP contribution < -0.4 is 0 Å². The smallest absolute Gasteiger partial charge is 0.224 e. The molecule has 0 amide bonds. The van der Waals surface area contributed by atoms with Crippen molar-refractivity contribution in [1.29, 1.82) is 0 Å². The molecule has 1 rings (SSSR count). The minimum Gasteiger partial charge on any atom is -0.374 e. The molecular weight excluding hydrogens is 209 g/mol. The molecule has 1 aliphatic heterocycles. The van der Waals surface area contributed by atoms with Gasteiger partial charge in [-0.05, 0) is 17.7 Å². The molecule has 0 radical (unpaired) electrons. The summed E-state index contributed by atoms with van der Waals surface area (Å²) in [5, 5.41) is 0.236. The van der Waals surface area contributed by atoms with E-state index in [0.29, 0.717) is 0 Å². The van der Waals surface area contributed by atoms with Crippen LogP contribution in [0.5, 0.6) is 0 Å². The first-order valence-corrected chi connectivity index (χ1v) is 4.38. The molecule has 70 valence electrons. The van der Waals surface area contributed by atoms with Gasteiger partial charge in [-0.1, -0.05) is 18.2 Å². The Balaban J connectivity index is 2.67. The largest absolute Gasteiger partial charge is 0.374 e. The summed E-state index contributed by atoms with van der Waals surface area (Å²) in [6.45, 7) is 4.12. The molecule has 0 saturated carbocycles. The van der Waals surface area contributed by atoms with Crippen molar-refractivity contribution in [3.8, 4) is 0 Å². The highest BCUT2D eigenvalue weighted by Crippen LogP contribution is 2.05. The fourth-order valence-electron chi connectivity index (χ4n) is 0.890. The first-order valence-electron chi connectivity index (χ1n) is 3.62. The molecule has 0 spiro atoms. The van der Waals surface area contributed by atoms with Crippen molar-refractivity contribution in [1.82, 2.24) is 4.90 Å². The lowest BCUT2D eigenvalue weighted by molar-refractivity contribution is 0.540. The summed E-state index contributed by atoms with van der Waals surface area (Å²) in [5.74, 6) is 0.